The number of amides is 2. The van der Waals surface area contributed by atoms with Crippen molar-refractivity contribution in [3.8, 4) is 5.75 Å². The monoisotopic (exact) mass is 497 g/mol. The average molecular weight is 498 g/mol. The van der Waals surface area contributed by atoms with E-state index in [1.807, 2.05) is 73.7 Å². The number of fused-ring (bicyclic) bond motifs is 1. The first kappa shape index (κ1) is 24.5. The molecule has 1 aliphatic carbocycles. The Labute approximate surface area is 216 Å². The van der Waals surface area contributed by atoms with Gasteiger partial charge in [0.25, 0.3) is 0 Å². The van der Waals surface area contributed by atoms with Gasteiger partial charge in [-0.1, -0.05) is 60.5 Å². The number of aryl methyl sites for hydroxylation is 1. The minimum atomic E-state index is -0.865. The van der Waals surface area contributed by atoms with E-state index in [1.54, 1.807) is 22.8 Å². The number of carbonyl (C=O) groups is 2. The molecule has 0 aliphatic heterocycles. The summed E-state index contributed by atoms with van der Waals surface area (Å²) in [7, 11) is 1.58. The van der Waals surface area contributed by atoms with E-state index in [4.69, 9.17) is 4.74 Å². The van der Waals surface area contributed by atoms with Crippen molar-refractivity contribution >= 4 is 28.5 Å². The van der Waals surface area contributed by atoms with Crippen LogP contribution in [0.2, 0.25) is 0 Å². The topological polar surface area (TPSA) is 89.3 Å². The van der Waals surface area contributed by atoms with Crippen LogP contribution in [-0.2, 0) is 16.1 Å². The Hall–Kier alpha value is -4.20. The number of para-hydroxylation sites is 1. The maximum Gasteiger partial charge on any atom is 0.249 e. The molecular formula is C29H31N5O3. The van der Waals surface area contributed by atoms with Gasteiger partial charge in [-0.15, -0.1) is 5.10 Å². The van der Waals surface area contributed by atoms with Crippen LogP contribution in [0.1, 0.15) is 42.9 Å². The molecule has 3 aromatic carbocycles. The Bertz CT molecular complexity index is 1410. The second-order valence-electron chi connectivity index (χ2n) is 9.45. The van der Waals surface area contributed by atoms with E-state index in [9.17, 15) is 9.59 Å². The summed E-state index contributed by atoms with van der Waals surface area (Å²) < 4.78 is 7.04. The van der Waals surface area contributed by atoms with Gasteiger partial charge in [0.2, 0.25) is 11.8 Å². The highest BCUT2D eigenvalue weighted by molar-refractivity contribution is 6.02. The number of aromatic nitrogens is 3. The summed E-state index contributed by atoms with van der Waals surface area (Å²) in [5, 5.41) is 11.6. The van der Waals surface area contributed by atoms with E-state index in [-0.39, 0.29) is 24.4 Å². The summed E-state index contributed by atoms with van der Waals surface area (Å²) in [5.41, 5.74) is 3.74. The number of hydrogen-bond donors (Lipinski definition) is 1. The number of hydrogen-bond acceptors (Lipinski definition) is 5. The number of anilines is 1. The molecule has 1 fully saturated rings. The molecule has 8 heteroatoms. The number of methoxy groups -OCH3 is 1. The van der Waals surface area contributed by atoms with Crippen LogP contribution in [0.5, 0.6) is 5.75 Å². The van der Waals surface area contributed by atoms with Crippen LogP contribution in [0.25, 0.3) is 11.0 Å². The number of benzene rings is 3. The molecule has 0 radical (unpaired) electrons. The highest BCUT2D eigenvalue weighted by Gasteiger charge is 2.35. The Morgan fingerprint density at radius 1 is 1.05 bits per heavy atom. The van der Waals surface area contributed by atoms with E-state index in [1.165, 1.54) is 0 Å². The predicted molar refractivity (Wildman–Crippen MR) is 142 cm³/mol. The first-order chi connectivity index (χ1) is 18.0. The second-order valence-corrected chi connectivity index (χ2v) is 9.45. The number of nitrogens with zero attached hydrogens (tertiary/aromatic N) is 4. The van der Waals surface area contributed by atoms with Gasteiger partial charge < -0.3 is 10.1 Å². The van der Waals surface area contributed by atoms with Crippen molar-refractivity contribution in [2.75, 3.05) is 12.0 Å². The van der Waals surface area contributed by atoms with E-state index in [0.29, 0.717) is 17.0 Å². The zero-order chi connectivity index (χ0) is 25.8. The molecule has 2 amide bonds. The predicted octanol–water partition coefficient (Wildman–Crippen LogP) is 4.58. The molecule has 0 bridgehead atoms. The SMILES string of the molecule is COc1cccc(N(C(=O)Cn2nnc3ccccc32)[C@@H](C(=O)NC2CCCC2)c2ccccc2C)c1. The van der Waals surface area contributed by atoms with Crippen molar-refractivity contribution in [3.63, 3.8) is 0 Å². The maximum atomic E-state index is 14.1. The van der Waals surface area contributed by atoms with Gasteiger partial charge in [0.1, 0.15) is 23.9 Å². The maximum absolute atomic E-state index is 14.1. The molecule has 8 nitrogen and oxygen atoms in total. The minimum absolute atomic E-state index is 0.0726. The van der Waals surface area contributed by atoms with E-state index in [0.717, 1.165) is 42.3 Å². The van der Waals surface area contributed by atoms with Crippen molar-refractivity contribution in [2.24, 2.45) is 0 Å². The molecule has 4 aromatic rings. The number of carbonyl (C=O) groups excluding carboxylic acids is 2. The lowest BCUT2D eigenvalue weighted by atomic mass is 9.97. The average Bonchev–Trinajstić information content (AvgIpc) is 3.58. The quantitative estimate of drug-likeness (QED) is 0.385. The molecule has 0 spiro atoms. The van der Waals surface area contributed by atoms with Gasteiger partial charge in [-0.2, -0.15) is 0 Å². The van der Waals surface area contributed by atoms with Crippen molar-refractivity contribution in [2.45, 2.75) is 51.2 Å². The van der Waals surface area contributed by atoms with Crippen LogP contribution < -0.4 is 15.0 Å². The Balaban J connectivity index is 1.60. The fourth-order valence-electron chi connectivity index (χ4n) is 5.08. The van der Waals surface area contributed by atoms with Crippen LogP contribution >= 0.6 is 0 Å². The van der Waals surface area contributed by atoms with Gasteiger partial charge in [0.05, 0.1) is 12.6 Å². The first-order valence-electron chi connectivity index (χ1n) is 12.7. The normalized spacial score (nSPS) is 14.4. The van der Waals surface area contributed by atoms with Crippen LogP contribution in [0.3, 0.4) is 0 Å². The minimum Gasteiger partial charge on any atom is -0.497 e. The van der Waals surface area contributed by atoms with Gasteiger partial charge in [0, 0.05) is 17.8 Å². The Morgan fingerprint density at radius 2 is 1.81 bits per heavy atom. The van der Waals surface area contributed by atoms with Gasteiger partial charge in [0.15, 0.2) is 0 Å². The lowest BCUT2D eigenvalue weighted by Crippen LogP contribution is -2.47. The van der Waals surface area contributed by atoms with Crippen LogP contribution in [0.4, 0.5) is 5.69 Å². The van der Waals surface area contributed by atoms with Crippen molar-refractivity contribution in [1.29, 1.82) is 0 Å². The standard InChI is InChI=1S/C29H31N5O3/c1-20-10-3-6-15-24(20)28(29(36)30-21-11-4-5-12-21)34(22-13-9-14-23(18-22)37-2)27(35)19-33-26-17-8-7-16-25(26)31-32-33/h3,6-10,13-18,21,28H,4-5,11-12,19H2,1-2H3,(H,30,36)/t28-/m1/s1. The van der Waals surface area contributed by atoms with Crippen molar-refractivity contribution in [3.05, 3.63) is 83.9 Å². The summed E-state index contributed by atoms with van der Waals surface area (Å²) in [6, 6.07) is 21.7. The highest BCUT2D eigenvalue weighted by Crippen LogP contribution is 2.33. The van der Waals surface area contributed by atoms with Crippen LogP contribution in [0.15, 0.2) is 72.8 Å². The van der Waals surface area contributed by atoms with Gasteiger partial charge >= 0.3 is 0 Å². The lowest BCUT2D eigenvalue weighted by Gasteiger charge is -2.33. The lowest BCUT2D eigenvalue weighted by molar-refractivity contribution is -0.127. The molecule has 1 saturated carbocycles. The zero-order valence-corrected chi connectivity index (χ0v) is 21.1. The summed E-state index contributed by atoms with van der Waals surface area (Å²) in [6.07, 6.45) is 4.09. The number of rotatable bonds is 8. The molecule has 37 heavy (non-hydrogen) atoms. The highest BCUT2D eigenvalue weighted by atomic mass is 16.5. The van der Waals surface area contributed by atoms with Crippen LogP contribution in [-0.4, -0.2) is 40.0 Å². The summed E-state index contributed by atoms with van der Waals surface area (Å²) >= 11 is 0. The molecule has 0 saturated heterocycles. The third-order valence-electron chi connectivity index (χ3n) is 7.00. The van der Waals surface area contributed by atoms with E-state index in [2.05, 4.69) is 15.6 Å². The number of ether oxygens (including phenoxy) is 1. The molecule has 190 valence electrons. The Morgan fingerprint density at radius 3 is 2.59 bits per heavy atom. The molecule has 0 unspecified atom stereocenters. The largest absolute Gasteiger partial charge is 0.497 e. The third-order valence-corrected chi connectivity index (χ3v) is 7.00. The van der Waals surface area contributed by atoms with Gasteiger partial charge in [-0.3, -0.25) is 14.5 Å². The molecule has 5 rings (SSSR count). The fourth-order valence-corrected chi connectivity index (χ4v) is 5.08. The molecular weight excluding hydrogens is 466 g/mol. The number of nitrogens with one attached hydrogen (secondary N) is 1. The molecule has 1 N–H and O–H groups in total. The molecule has 1 atom stereocenters. The van der Waals surface area contributed by atoms with Gasteiger partial charge in [-0.25, -0.2) is 4.68 Å². The fraction of sp³-hybridized carbons (Fsp3) is 0.310. The second kappa shape index (κ2) is 10.8. The van der Waals surface area contributed by atoms with Gasteiger partial charge in [-0.05, 0) is 55.2 Å². The Kier molecular flexibility index (Phi) is 7.16. The third kappa shape index (κ3) is 5.18. The molecule has 1 aromatic heterocycles. The zero-order valence-electron chi connectivity index (χ0n) is 21.1. The van der Waals surface area contributed by atoms with E-state index < -0.39 is 6.04 Å². The van der Waals surface area contributed by atoms with Crippen LogP contribution in [0, 0.1) is 6.92 Å². The molecule has 1 aliphatic rings. The summed E-state index contributed by atoms with van der Waals surface area (Å²) in [6.45, 7) is 1.89. The van der Waals surface area contributed by atoms with Crippen molar-refractivity contribution in [1.82, 2.24) is 20.3 Å². The first-order valence-corrected chi connectivity index (χ1v) is 12.7. The molecule has 1 heterocycles. The summed E-state index contributed by atoms with van der Waals surface area (Å²) in [5.74, 6) is 0.126. The van der Waals surface area contributed by atoms with E-state index >= 15 is 0 Å². The summed E-state index contributed by atoms with van der Waals surface area (Å²) in [4.78, 5) is 29.7. The smallest absolute Gasteiger partial charge is 0.249 e. The van der Waals surface area contributed by atoms with Crippen molar-refractivity contribution < 1.29 is 14.3 Å².